The van der Waals surface area contributed by atoms with Crippen molar-refractivity contribution in [2.45, 2.75) is 6.92 Å². The summed E-state index contributed by atoms with van der Waals surface area (Å²) in [5, 5.41) is 5.39. The molecule has 0 unspecified atom stereocenters. The van der Waals surface area contributed by atoms with E-state index >= 15 is 0 Å². The van der Waals surface area contributed by atoms with Gasteiger partial charge in [0.25, 0.3) is 11.8 Å². The summed E-state index contributed by atoms with van der Waals surface area (Å²) >= 11 is 3.36. The molecule has 3 rings (SSSR count). The van der Waals surface area contributed by atoms with Crippen LogP contribution in [0.4, 0.5) is 15.8 Å². The molecule has 0 bridgehead atoms. The molecule has 0 aromatic heterocycles. The van der Waals surface area contributed by atoms with Gasteiger partial charge in [0.15, 0.2) is 0 Å². The van der Waals surface area contributed by atoms with Crippen LogP contribution in [-0.4, -0.2) is 36.2 Å². The van der Waals surface area contributed by atoms with Crippen molar-refractivity contribution in [3.8, 4) is 0 Å². The lowest BCUT2D eigenvalue weighted by molar-refractivity contribution is -0.116. The third kappa shape index (κ3) is 5.59. The maximum absolute atomic E-state index is 13.9. The van der Waals surface area contributed by atoms with Crippen LogP contribution in [0.3, 0.4) is 0 Å². The molecule has 0 heterocycles. The zero-order valence-electron chi connectivity index (χ0n) is 17.5. The molecule has 0 saturated carbocycles. The van der Waals surface area contributed by atoms with Gasteiger partial charge in [-0.1, -0.05) is 30.3 Å². The number of halogens is 2. The van der Waals surface area contributed by atoms with Gasteiger partial charge >= 0.3 is 0 Å². The predicted octanol–water partition coefficient (Wildman–Crippen LogP) is 4.86. The second-order valence-corrected chi connectivity index (χ2v) is 8.01. The van der Waals surface area contributed by atoms with E-state index in [1.165, 1.54) is 36.2 Å². The SMILES string of the molecule is Cc1ccc(C(=O)N(C)CC(=O)Nc2ccccc2Br)cc1NC(=O)c1ccccc1F. The van der Waals surface area contributed by atoms with Gasteiger partial charge in [0.2, 0.25) is 5.91 Å². The normalized spacial score (nSPS) is 10.4. The van der Waals surface area contributed by atoms with Crippen LogP contribution in [0.1, 0.15) is 26.3 Å². The van der Waals surface area contributed by atoms with Crippen molar-refractivity contribution >= 4 is 45.0 Å². The van der Waals surface area contributed by atoms with Crippen LogP contribution in [-0.2, 0) is 4.79 Å². The van der Waals surface area contributed by atoms with Crippen LogP contribution in [0.15, 0.2) is 71.2 Å². The second kappa shape index (κ2) is 10.2. The van der Waals surface area contributed by atoms with Crippen LogP contribution < -0.4 is 10.6 Å². The summed E-state index contributed by atoms with van der Waals surface area (Å²) in [6.07, 6.45) is 0. The van der Waals surface area contributed by atoms with Crippen molar-refractivity contribution in [2.24, 2.45) is 0 Å². The molecular formula is C24H21BrFN3O3. The maximum Gasteiger partial charge on any atom is 0.258 e. The number of hydrogen-bond donors (Lipinski definition) is 2. The number of benzene rings is 3. The van der Waals surface area contributed by atoms with E-state index in [1.54, 1.807) is 43.3 Å². The highest BCUT2D eigenvalue weighted by Gasteiger charge is 2.18. The first-order valence-corrected chi connectivity index (χ1v) is 10.5. The molecule has 3 aromatic rings. The summed E-state index contributed by atoms with van der Waals surface area (Å²) in [6.45, 7) is 1.60. The van der Waals surface area contributed by atoms with E-state index in [2.05, 4.69) is 26.6 Å². The minimum Gasteiger partial charge on any atom is -0.332 e. The third-order valence-corrected chi connectivity index (χ3v) is 5.42. The number of carbonyl (C=O) groups is 3. The molecule has 2 N–H and O–H groups in total. The Hall–Kier alpha value is -3.52. The molecule has 0 atom stereocenters. The molecule has 0 aliphatic heterocycles. The lowest BCUT2D eigenvalue weighted by atomic mass is 10.1. The van der Waals surface area contributed by atoms with E-state index in [4.69, 9.17) is 0 Å². The van der Waals surface area contributed by atoms with Gasteiger partial charge in [-0.2, -0.15) is 0 Å². The highest BCUT2D eigenvalue weighted by atomic mass is 79.9. The number of nitrogens with zero attached hydrogens (tertiary/aromatic N) is 1. The first-order valence-electron chi connectivity index (χ1n) is 9.72. The Bertz CT molecular complexity index is 1180. The molecule has 0 aliphatic rings. The van der Waals surface area contributed by atoms with Crippen molar-refractivity contribution < 1.29 is 18.8 Å². The summed E-state index contributed by atoms with van der Waals surface area (Å²) in [6, 6.07) is 17.6. The van der Waals surface area contributed by atoms with Crippen LogP contribution in [0, 0.1) is 12.7 Å². The summed E-state index contributed by atoms with van der Waals surface area (Å²) in [5.41, 5.74) is 1.89. The summed E-state index contributed by atoms with van der Waals surface area (Å²) in [5.74, 6) is -2.00. The molecule has 0 saturated heterocycles. The van der Waals surface area contributed by atoms with Gasteiger partial charge in [0.05, 0.1) is 17.8 Å². The molecule has 0 spiro atoms. The first-order chi connectivity index (χ1) is 15.3. The number of anilines is 2. The quantitative estimate of drug-likeness (QED) is 0.510. The Labute approximate surface area is 193 Å². The number of aryl methyl sites for hydroxylation is 1. The zero-order chi connectivity index (χ0) is 23.3. The number of likely N-dealkylation sites (N-methyl/N-ethyl adjacent to an activating group) is 1. The van der Waals surface area contributed by atoms with Gasteiger partial charge in [-0.15, -0.1) is 0 Å². The number of nitrogens with one attached hydrogen (secondary N) is 2. The smallest absolute Gasteiger partial charge is 0.258 e. The lowest BCUT2D eigenvalue weighted by Crippen LogP contribution is -2.35. The molecule has 8 heteroatoms. The molecule has 3 amide bonds. The van der Waals surface area contributed by atoms with Gasteiger partial charge < -0.3 is 15.5 Å². The highest BCUT2D eigenvalue weighted by molar-refractivity contribution is 9.10. The van der Waals surface area contributed by atoms with E-state index in [1.807, 2.05) is 6.07 Å². The minimum atomic E-state index is -0.634. The van der Waals surface area contributed by atoms with E-state index < -0.39 is 17.6 Å². The molecule has 6 nitrogen and oxygen atoms in total. The Balaban J connectivity index is 1.70. The third-order valence-electron chi connectivity index (χ3n) is 4.73. The van der Waals surface area contributed by atoms with Crippen molar-refractivity contribution in [3.63, 3.8) is 0 Å². The fourth-order valence-corrected chi connectivity index (χ4v) is 3.37. The van der Waals surface area contributed by atoms with Crippen molar-refractivity contribution in [3.05, 3.63) is 93.7 Å². The number of amides is 3. The van der Waals surface area contributed by atoms with E-state index in [0.717, 1.165) is 4.47 Å². The standard InChI is InChI=1S/C24H21BrFN3O3/c1-15-11-12-16(13-21(15)28-23(31)17-7-3-5-9-19(17)26)24(32)29(2)14-22(30)27-20-10-6-4-8-18(20)25/h3-13H,14H2,1-2H3,(H,27,30)(H,28,31). The molecule has 164 valence electrons. The zero-order valence-corrected chi connectivity index (χ0v) is 19.1. The maximum atomic E-state index is 13.9. The largest absolute Gasteiger partial charge is 0.332 e. The number of rotatable bonds is 6. The molecule has 0 aliphatic carbocycles. The van der Waals surface area contributed by atoms with Gasteiger partial charge in [-0.05, 0) is 64.8 Å². The van der Waals surface area contributed by atoms with Crippen LogP contribution in [0.25, 0.3) is 0 Å². The van der Waals surface area contributed by atoms with E-state index in [-0.39, 0.29) is 23.6 Å². The summed E-state index contributed by atoms with van der Waals surface area (Å²) < 4.78 is 14.6. The first kappa shape index (κ1) is 23.1. The highest BCUT2D eigenvalue weighted by Crippen LogP contribution is 2.22. The fourth-order valence-electron chi connectivity index (χ4n) is 2.98. The Morgan fingerprint density at radius 3 is 2.34 bits per heavy atom. The Morgan fingerprint density at radius 2 is 1.62 bits per heavy atom. The number of carbonyl (C=O) groups excluding carboxylic acids is 3. The van der Waals surface area contributed by atoms with Crippen molar-refractivity contribution in [1.29, 1.82) is 0 Å². The number of para-hydroxylation sites is 1. The van der Waals surface area contributed by atoms with Gasteiger partial charge in [-0.3, -0.25) is 14.4 Å². The fraction of sp³-hybridized carbons (Fsp3) is 0.125. The van der Waals surface area contributed by atoms with Gasteiger partial charge in [0, 0.05) is 22.8 Å². The van der Waals surface area contributed by atoms with E-state index in [0.29, 0.717) is 16.9 Å². The average molecular weight is 498 g/mol. The summed E-state index contributed by atoms with van der Waals surface area (Å²) in [7, 11) is 1.51. The Morgan fingerprint density at radius 1 is 0.938 bits per heavy atom. The van der Waals surface area contributed by atoms with Crippen LogP contribution in [0.2, 0.25) is 0 Å². The second-order valence-electron chi connectivity index (χ2n) is 7.15. The predicted molar refractivity (Wildman–Crippen MR) is 125 cm³/mol. The van der Waals surface area contributed by atoms with Crippen molar-refractivity contribution in [2.75, 3.05) is 24.2 Å². The molecule has 0 fully saturated rings. The molecule has 0 radical (unpaired) electrons. The van der Waals surface area contributed by atoms with Gasteiger partial charge in [0.1, 0.15) is 5.82 Å². The van der Waals surface area contributed by atoms with Crippen LogP contribution in [0.5, 0.6) is 0 Å². The molecule has 3 aromatic carbocycles. The summed E-state index contributed by atoms with van der Waals surface area (Å²) in [4.78, 5) is 38.9. The molecular weight excluding hydrogens is 477 g/mol. The lowest BCUT2D eigenvalue weighted by Gasteiger charge is -2.18. The molecule has 32 heavy (non-hydrogen) atoms. The topological polar surface area (TPSA) is 78.5 Å². The minimum absolute atomic E-state index is 0.0931. The Kier molecular flexibility index (Phi) is 7.37. The average Bonchev–Trinajstić information content (AvgIpc) is 2.76. The van der Waals surface area contributed by atoms with Crippen molar-refractivity contribution in [1.82, 2.24) is 4.90 Å². The van der Waals surface area contributed by atoms with Gasteiger partial charge in [-0.25, -0.2) is 4.39 Å². The number of hydrogen-bond acceptors (Lipinski definition) is 3. The van der Waals surface area contributed by atoms with Crippen LogP contribution >= 0.6 is 15.9 Å². The monoisotopic (exact) mass is 497 g/mol. The van der Waals surface area contributed by atoms with E-state index in [9.17, 15) is 18.8 Å².